The Labute approximate surface area is 175 Å². The molecule has 0 radical (unpaired) electrons. The van der Waals surface area contributed by atoms with E-state index in [-0.39, 0.29) is 17.7 Å². The summed E-state index contributed by atoms with van der Waals surface area (Å²) in [6, 6.07) is 12.9. The summed E-state index contributed by atoms with van der Waals surface area (Å²) in [5.74, 6) is -0.612. The third-order valence-electron chi connectivity index (χ3n) is 4.80. The number of thiazole rings is 1. The fraction of sp³-hybridized carbons (Fsp3) is 0.136. The fourth-order valence-electron chi connectivity index (χ4n) is 3.19. The molecule has 7 nitrogen and oxygen atoms in total. The van der Waals surface area contributed by atoms with Crippen molar-refractivity contribution < 1.29 is 14.0 Å². The van der Waals surface area contributed by atoms with Crippen molar-refractivity contribution in [3.8, 4) is 22.7 Å². The molecule has 1 aromatic carbocycles. The number of likely N-dealkylation sites (N-methyl/N-ethyl adjacent to an activating group) is 1. The highest BCUT2D eigenvalue weighted by Crippen LogP contribution is 2.34. The molecule has 0 atom stereocenters. The number of rotatable bonds is 3. The van der Waals surface area contributed by atoms with Gasteiger partial charge in [0.2, 0.25) is 5.71 Å². The second-order valence-corrected chi connectivity index (χ2v) is 7.58. The molecule has 8 heteroatoms. The van der Waals surface area contributed by atoms with Gasteiger partial charge in [-0.15, -0.1) is 11.3 Å². The normalized spacial score (nSPS) is 15.7. The fourth-order valence-corrected chi connectivity index (χ4v) is 4.13. The molecule has 1 aliphatic rings. The molecule has 0 bridgehead atoms. The number of nitriles is 2. The van der Waals surface area contributed by atoms with Gasteiger partial charge in [-0.2, -0.15) is 10.5 Å². The van der Waals surface area contributed by atoms with Crippen LogP contribution in [0.1, 0.15) is 25.2 Å². The Bertz CT molecular complexity index is 1310. The van der Waals surface area contributed by atoms with Crippen LogP contribution in [0.4, 0.5) is 0 Å². The highest BCUT2D eigenvalue weighted by Gasteiger charge is 2.34. The molecule has 0 N–H and O–H groups in total. The van der Waals surface area contributed by atoms with Gasteiger partial charge < -0.3 is 4.42 Å². The number of imide groups is 1. The smallest absolute Gasteiger partial charge is 0.271 e. The lowest BCUT2D eigenvalue weighted by atomic mass is 9.95. The van der Waals surface area contributed by atoms with E-state index in [4.69, 9.17) is 9.68 Å². The van der Waals surface area contributed by atoms with Crippen molar-refractivity contribution in [1.82, 2.24) is 9.88 Å². The van der Waals surface area contributed by atoms with Crippen LogP contribution in [0, 0.1) is 22.7 Å². The molecule has 3 aromatic rings. The van der Waals surface area contributed by atoms with Crippen molar-refractivity contribution in [3.05, 3.63) is 58.4 Å². The van der Waals surface area contributed by atoms with Crippen LogP contribution in [-0.2, 0) is 9.59 Å². The Morgan fingerprint density at radius 3 is 2.50 bits per heavy atom. The Morgan fingerprint density at radius 1 is 1.17 bits per heavy atom. The Balaban J connectivity index is 1.72. The minimum Gasteiger partial charge on any atom is -0.437 e. The molecule has 0 saturated heterocycles. The first-order chi connectivity index (χ1) is 14.5. The lowest BCUT2D eigenvalue weighted by Gasteiger charge is -2.25. The molecule has 0 fully saturated rings. The summed E-state index contributed by atoms with van der Waals surface area (Å²) >= 11 is 1.43. The summed E-state index contributed by atoms with van der Waals surface area (Å²) in [5, 5.41) is 19.0. The van der Waals surface area contributed by atoms with Crippen molar-refractivity contribution >= 4 is 39.6 Å². The van der Waals surface area contributed by atoms with E-state index >= 15 is 0 Å². The van der Waals surface area contributed by atoms with E-state index in [0.717, 1.165) is 20.2 Å². The van der Waals surface area contributed by atoms with E-state index in [1.54, 1.807) is 38.1 Å². The number of hydrogen-bond acceptors (Lipinski definition) is 7. The van der Waals surface area contributed by atoms with Crippen molar-refractivity contribution in [3.63, 3.8) is 0 Å². The Kier molecular flexibility index (Phi) is 4.78. The van der Waals surface area contributed by atoms with Crippen molar-refractivity contribution in [2.75, 3.05) is 6.54 Å². The topological polar surface area (TPSA) is 111 Å². The monoisotopic (exact) mass is 414 g/mol. The van der Waals surface area contributed by atoms with E-state index < -0.39 is 11.8 Å². The SMILES string of the molecule is CCN1C(=O)C(C#N)=C(C)/C(=C/c2cc3sc(-c4ccc(C#N)cc4)nc3o2)C1=O. The van der Waals surface area contributed by atoms with Crippen LogP contribution in [-0.4, -0.2) is 28.2 Å². The Hall–Kier alpha value is -4.01. The van der Waals surface area contributed by atoms with Crippen LogP contribution in [0.25, 0.3) is 27.1 Å². The first-order valence-electron chi connectivity index (χ1n) is 9.07. The van der Waals surface area contributed by atoms with Gasteiger partial charge in [0, 0.05) is 23.7 Å². The lowest BCUT2D eigenvalue weighted by molar-refractivity contribution is -0.140. The van der Waals surface area contributed by atoms with E-state index in [2.05, 4.69) is 11.1 Å². The summed E-state index contributed by atoms with van der Waals surface area (Å²) in [4.78, 5) is 30.5. The zero-order valence-electron chi connectivity index (χ0n) is 16.1. The highest BCUT2D eigenvalue weighted by atomic mass is 32.1. The molecule has 0 aliphatic carbocycles. The van der Waals surface area contributed by atoms with Gasteiger partial charge in [-0.3, -0.25) is 14.5 Å². The lowest BCUT2D eigenvalue weighted by Crippen LogP contribution is -2.42. The van der Waals surface area contributed by atoms with Crippen LogP contribution >= 0.6 is 11.3 Å². The van der Waals surface area contributed by atoms with Crippen molar-refractivity contribution in [2.45, 2.75) is 13.8 Å². The maximum atomic E-state index is 12.7. The van der Waals surface area contributed by atoms with Crippen molar-refractivity contribution in [2.24, 2.45) is 0 Å². The predicted molar refractivity (Wildman–Crippen MR) is 111 cm³/mol. The third kappa shape index (κ3) is 3.10. The number of amides is 2. The van der Waals surface area contributed by atoms with Gasteiger partial charge in [-0.05, 0) is 37.6 Å². The molecular formula is C22H14N4O3S. The predicted octanol–water partition coefficient (Wildman–Crippen LogP) is 4.04. The summed E-state index contributed by atoms with van der Waals surface area (Å²) in [6.07, 6.45) is 1.54. The second-order valence-electron chi connectivity index (χ2n) is 6.55. The zero-order valence-corrected chi connectivity index (χ0v) is 16.9. The first-order valence-corrected chi connectivity index (χ1v) is 9.88. The quantitative estimate of drug-likeness (QED) is 0.472. The molecule has 146 valence electrons. The Morgan fingerprint density at radius 2 is 1.90 bits per heavy atom. The summed E-state index contributed by atoms with van der Waals surface area (Å²) in [5.41, 5.74) is 2.43. The van der Waals surface area contributed by atoms with Crippen LogP contribution in [0.5, 0.6) is 0 Å². The molecular weight excluding hydrogens is 400 g/mol. The molecule has 2 amide bonds. The van der Waals surface area contributed by atoms with E-state index in [9.17, 15) is 14.9 Å². The standard InChI is InChI=1S/C22H14N4O3S/c1-3-26-21(27)16(12(2)17(11-24)22(26)28)8-15-9-18-19(29-15)25-20(30-18)14-6-4-13(10-23)5-7-14/h4-9H,3H2,1-2H3/b16-8-. The average Bonchev–Trinajstić information content (AvgIpc) is 3.31. The van der Waals surface area contributed by atoms with Crippen LogP contribution < -0.4 is 0 Å². The number of carbonyl (C=O) groups is 2. The van der Waals surface area contributed by atoms with E-state index in [0.29, 0.717) is 22.6 Å². The number of nitrogens with zero attached hydrogens (tertiary/aromatic N) is 4. The third-order valence-corrected chi connectivity index (χ3v) is 5.83. The molecule has 4 rings (SSSR count). The van der Waals surface area contributed by atoms with Gasteiger partial charge in [0.25, 0.3) is 11.8 Å². The first kappa shape index (κ1) is 19.3. The number of fused-ring (bicyclic) bond motifs is 1. The van der Waals surface area contributed by atoms with Gasteiger partial charge in [0.15, 0.2) is 0 Å². The molecule has 30 heavy (non-hydrogen) atoms. The van der Waals surface area contributed by atoms with Gasteiger partial charge in [0.05, 0.1) is 16.3 Å². The molecule has 3 heterocycles. The van der Waals surface area contributed by atoms with Crippen molar-refractivity contribution in [1.29, 1.82) is 10.5 Å². The van der Waals surface area contributed by atoms with E-state index in [1.807, 2.05) is 18.2 Å². The van der Waals surface area contributed by atoms with E-state index in [1.165, 1.54) is 11.3 Å². The minimum atomic E-state index is -0.575. The number of benzene rings is 1. The van der Waals surface area contributed by atoms with Crippen LogP contribution in [0.2, 0.25) is 0 Å². The summed E-state index contributed by atoms with van der Waals surface area (Å²) in [6.45, 7) is 3.44. The molecule has 2 aromatic heterocycles. The maximum Gasteiger partial charge on any atom is 0.271 e. The van der Waals surface area contributed by atoms with Gasteiger partial charge in [-0.1, -0.05) is 12.1 Å². The van der Waals surface area contributed by atoms with Gasteiger partial charge >= 0.3 is 0 Å². The molecule has 0 saturated carbocycles. The minimum absolute atomic E-state index is 0.0442. The number of furan rings is 1. The van der Waals surface area contributed by atoms with Crippen LogP contribution in [0.3, 0.4) is 0 Å². The number of carbonyl (C=O) groups excluding carboxylic acids is 2. The largest absolute Gasteiger partial charge is 0.437 e. The van der Waals surface area contributed by atoms with Gasteiger partial charge in [0.1, 0.15) is 22.4 Å². The zero-order chi connectivity index (χ0) is 21.4. The number of aromatic nitrogens is 1. The second kappa shape index (κ2) is 7.43. The molecule has 0 unspecified atom stereocenters. The summed E-state index contributed by atoms with van der Waals surface area (Å²) < 4.78 is 6.59. The average molecular weight is 414 g/mol. The molecule has 1 aliphatic heterocycles. The number of hydrogen-bond donors (Lipinski definition) is 0. The highest BCUT2D eigenvalue weighted by molar-refractivity contribution is 7.21. The maximum absolute atomic E-state index is 12.7. The van der Waals surface area contributed by atoms with Gasteiger partial charge in [-0.25, -0.2) is 4.98 Å². The molecule has 0 spiro atoms. The summed E-state index contributed by atoms with van der Waals surface area (Å²) in [7, 11) is 0. The van der Waals surface area contributed by atoms with Crippen LogP contribution in [0.15, 0.2) is 51.5 Å².